The van der Waals surface area contributed by atoms with Crippen molar-refractivity contribution < 1.29 is 9.53 Å². The Hall–Kier alpha value is -3.85. The van der Waals surface area contributed by atoms with Gasteiger partial charge in [0.2, 0.25) is 0 Å². The van der Waals surface area contributed by atoms with Crippen LogP contribution in [-0.4, -0.2) is 40.4 Å². The monoisotopic (exact) mass is 433 g/mol. The molecule has 2 heterocycles. The second kappa shape index (κ2) is 9.97. The molecule has 0 aliphatic carbocycles. The number of imidazole rings is 1. The number of aromatic nitrogens is 3. The van der Waals surface area contributed by atoms with E-state index in [1.165, 1.54) is 0 Å². The number of para-hydroxylation sites is 2. The number of ether oxygens (including phenoxy) is 1. The number of carbonyl (C=O) groups excluding carboxylic acids is 1. The van der Waals surface area contributed by atoms with Gasteiger partial charge in [-0.1, -0.05) is 36.4 Å². The minimum Gasteiger partial charge on any atom is -0.382 e. The van der Waals surface area contributed by atoms with E-state index in [4.69, 9.17) is 10.5 Å². The van der Waals surface area contributed by atoms with E-state index >= 15 is 0 Å². The highest BCUT2D eigenvalue weighted by Gasteiger charge is 2.17. The van der Waals surface area contributed by atoms with Crippen molar-refractivity contribution in [3.8, 4) is 0 Å². The maximum atomic E-state index is 12.0. The zero-order valence-electron chi connectivity index (χ0n) is 18.0. The molecule has 2 aromatic carbocycles. The molecule has 0 bridgehead atoms. The van der Waals surface area contributed by atoms with Crippen molar-refractivity contribution in [3.05, 3.63) is 60.4 Å². The largest absolute Gasteiger partial charge is 0.382 e. The number of anilines is 2. The van der Waals surface area contributed by atoms with Crippen LogP contribution in [-0.2, 0) is 11.3 Å². The number of nitrogens with two attached hydrogens (primary N) is 1. The standard InChI is InChI=1S/C23H27N7O2/c1-2-32-15-19-29-20-21(17-11-6-7-12-18(17)28-22(20)24)30(19)26-14-8-13-25-23(31)27-16-9-4-3-5-10-16/h3-7,9-12,26H,2,8,13-15H2,1H3,(H2,24,28)(H2,25,27,31). The number of hydrogen-bond acceptors (Lipinski definition) is 6. The van der Waals surface area contributed by atoms with Crippen molar-refractivity contribution in [2.75, 3.05) is 36.2 Å². The molecule has 0 saturated heterocycles. The summed E-state index contributed by atoms with van der Waals surface area (Å²) >= 11 is 0. The number of urea groups is 1. The number of hydrogen-bond donors (Lipinski definition) is 4. The predicted octanol–water partition coefficient (Wildman–Crippen LogP) is 3.46. The molecule has 0 spiro atoms. The highest BCUT2D eigenvalue weighted by molar-refractivity contribution is 6.06. The number of amides is 2. The van der Waals surface area contributed by atoms with Gasteiger partial charge in [0, 0.05) is 30.8 Å². The molecule has 0 atom stereocenters. The molecular weight excluding hydrogens is 406 g/mol. The molecule has 4 rings (SSSR count). The summed E-state index contributed by atoms with van der Waals surface area (Å²) < 4.78 is 7.53. The van der Waals surface area contributed by atoms with Gasteiger partial charge in [0.1, 0.15) is 17.6 Å². The van der Waals surface area contributed by atoms with Gasteiger partial charge < -0.3 is 26.5 Å². The maximum absolute atomic E-state index is 12.0. The normalized spacial score (nSPS) is 11.0. The van der Waals surface area contributed by atoms with Gasteiger partial charge in [-0.2, -0.15) is 0 Å². The fourth-order valence-corrected chi connectivity index (χ4v) is 3.49. The summed E-state index contributed by atoms with van der Waals surface area (Å²) in [6, 6.07) is 16.9. The fraction of sp³-hybridized carbons (Fsp3) is 0.261. The molecular formula is C23H27N7O2. The van der Waals surface area contributed by atoms with Crippen LogP contribution >= 0.6 is 0 Å². The van der Waals surface area contributed by atoms with E-state index in [1.807, 2.05) is 66.2 Å². The summed E-state index contributed by atoms with van der Waals surface area (Å²) in [5.74, 6) is 1.11. The van der Waals surface area contributed by atoms with Crippen LogP contribution in [0.3, 0.4) is 0 Å². The number of nitrogens with one attached hydrogen (secondary N) is 3. The molecule has 32 heavy (non-hydrogen) atoms. The Kier molecular flexibility index (Phi) is 6.66. The summed E-state index contributed by atoms with van der Waals surface area (Å²) in [7, 11) is 0. The Labute approximate surface area is 185 Å². The van der Waals surface area contributed by atoms with E-state index < -0.39 is 0 Å². The van der Waals surface area contributed by atoms with E-state index in [1.54, 1.807) is 0 Å². The molecule has 4 aromatic rings. The van der Waals surface area contributed by atoms with Crippen LogP contribution in [0.5, 0.6) is 0 Å². The van der Waals surface area contributed by atoms with Gasteiger partial charge in [-0.3, -0.25) is 0 Å². The van der Waals surface area contributed by atoms with Crippen LogP contribution in [0.1, 0.15) is 19.2 Å². The Morgan fingerprint density at radius 3 is 2.66 bits per heavy atom. The molecule has 0 aliphatic rings. The number of nitrogen functional groups attached to an aromatic ring is 1. The Bertz CT molecular complexity index is 1210. The van der Waals surface area contributed by atoms with Crippen LogP contribution in [0.4, 0.5) is 16.3 Å². The Balaban J connectivity index is 1.45. The average molecular weight is 434 g/mol. The second-order valence-corrected chi connectivity index (χ2v) is 7.22. The Morgan fingerprint density at radius 2 is 1.84 bits per heavy atom. The Morgan fingerprint density at radius 1 is 1.06 bits per heavy atom. The van der Waals surface area contributed by atoms with Crippen LogP contribution in [0.25, 0.3) is 21.9 Å². The second-order valence-electron chi connectivity index (χ2n) is 7.22. The summed E-state index contributed by atoms with van der Waals surface area (Å²) in [5, 5.41) is 6.63. The number of pyridine rings is 1. The van der Waals surface area contributed by atoms with E-state index in [-0.39, 0.29) is 6.03 Å². The van der Waals surface area contributed by atoms with Gasteiger partial charge in [-0.25, -0.2) is 19.4 Å². The number of fused-ring (bicyclic) bond motifs is 3. The van der Waals surface area contributed by atoms with E-state index in [9.17, 15) is 4.79 Å². The summed E-state index contributed by atoms with van der Waals surface area (Å²) in [5.41, 5.74) is 12.7. The SMILES string of the molecule is CCOCc1nc2c(N)nc3ccccc3c2n1NCCCNC(=O)Nc1ccccc1. The van der Waals surface area contributed by atoms with Crippen molar-refractivity contribution in [2.24, 2.45) is 0 Å². The third kappa shape index (κ3) is 4.73. The number of nitrogens with zero attached hydrogens (tertiary/aromatic N) is 3. The minimum absolute atomic E-state index is 0.230. The van der Waals surface area contributed by atoms with Gasteiger partial charge in [-0.05, 0) is 31.5 Å². The lowest BCUT2D eigenvalue weighted by molar-refractivity contribution is 0.127. The van der Waals surface area contributed by atoms with Crippen molar-refractivity contribution in [1.29, 1.82) is 0 Å². The lowest BCUT2D eigenvalue weighted by Gasteiger charge is -2.14. The number of benzene rings is 2. The smallest absolute Gasteiger partial charge is 0.319 e. The fourth-order valence-electron chi connectivity index (χ4n) is 3.49. The van der Waals surface area contributed by atoms with E-state index in [0.29, 0.717) is 44.1 Å². The number of rotatable bonds is 9. The number of carbonyl (C=O) groups is 1. The summed E-state index contributed by atoms with van der Waals surface area (Å²) in [6.45, 7) is 4.01. The lowest BCUT2D eigenvalue weighted by atomic mass is 10.2. The van der Waals surface area contributed by atoms with Gasteiger partial charge >= 0.3 is 6.03 Å². The van der Waals surface area contributed by atoms with Crippen LogP contribution < -0.4 is 21.8 Å². The first kappa shape index (κ1) is 21.4. The quantitative estimate of drug-likeness (QED) is 0.300. The first-order chi connectivity index (χ1) is 15.7. The van der Waals surface area contributed by atoms with Crippen molar-refractivity contribution >= 4 is 39.5 Å². The molecule has 9 nitrogen and oxygen atoms in total. The van der Waals surface area contributed by atoms with Crippen molar-refractivity contribution in [1.82, 2.24) is 20.0 Å². The van der Waals surface area contributed by atoms with Crippen LogP contribution in [0, 0.1) is 0 Å². The highest BCUT2D eigenvalue weighted by Crippen LogP contribution is 2.28. The van der Waals surface area contributed by atoms with E-state index in [0.717, 1.165) is 27.9 Å². The molecule has 9 heteroatoms. The van der Waals surface area contributed by atoms with Gasteiger partial charge in [0.25, 0.3) is 0 Å². The van der Waals surface area contributed by atoms with Crippen LogP contribution in [0.2, 0.25) is 0 Å². The lowest BCUT2D eigenvalue weighted by Crippen LogP contribution is -2.31. The molecule has 166 valence electrons. The van der Waals surface area contributed by atoms with Gasteiger partial charge in [0.05, 0.1) is 5.52 Å². The summed E-state index contributed by atoms with van der Waals surface area (Å²) in [4.78, 5) is 21.2. The molecule has 0 radical (unpaired) electrons. The third-order valence-corrected chi connectivity index (χ3v) is 4.97. The zero-order chi connectivity index (χ0) is 22.3. The average Bonchev–Trinajstić information content (AvgIpc) is 3.17. The first-order valence-electron chi connectivity index (χ1n) is 10.6. The minimum atomic E-state index is -0.230. The third-order valence-electron chi connectivity index (χ3n) is 4.97. The van der Waals surface area contributed by atoms with Crippen molar-refractivity contribution in [3.63, 3.8) is 0 Å². The summed E-state index contributed by atoms with van der Waals surface area (Å²) in [6.07, 6.45) is 0.717. The van der Waals surface area contributed by atoms with Crippen LogP contribution in [0.15, 0.2) is 54.6 Å². The topological polar surface area (TPSA) is 119 Å². The molecule has 0 saturated carbocycles. The molecule has 2 aromatic heterocycles. The van der Waals surface area contributed by atoms with Gasteiger partial charge in [0.15, 0.2) is 11.6 Å². The van der Waals surface area contributed by atoms with E-state index in [2.05, 4.69) is 26.0 Å². The molecule has 0 aliphatic heterocycles. The molecule has 2 amide bonds. The predicted molar refractivity (Wildman–Crippen MR) is 127 cm³/mol. The molecule has 0 unspecified atom stereocenters. The maximum Gasteiger partial charge on any atom is 0.319 e. The first-order valence-corrected chi connectivity index (χ1v) is 10.6. The van der Waals surface area contributed by atoms with Crippen molar-refractivity contribution in [2.45, 2.75) is 20.0 Å². The molecule has 5 N–H and O–H groups in total. The molecule has 0 fully saturated rings. The van der Waals surface area contributed by atoms with Gasteiger partial charge in [-0.15, -0.1) is 0 Å². The highest BCUT2D eigenvalue weighted by atomic mass is 16.5. The zero-order valence-corrected chi connectivity index (χ0v) is 18.0.